The number of hydrogen-bond acceptors (Lipinski definition) is 5. The highest BCUT2D eigenvalue weighted by Gasteiger charge is 2.32. The van der Waals surface area contributed by atoms with E-state index in [4.69, 9.17) is 9.47 Å². The van der Waals surface area contributed by atoms with Crippen LogP contribution in [0.25, 0.3) is 0 Å². The molecule has 128 valence electrons. The van der Waals surface area contributed by atoms with Crippen LogP contribution in [-0.4, -0.2) is 63.6 Å². The number of hydrogen-bond donors (Lipinski definition) is 0. The average molecular weight is 346 g/mol. The summed E-state index contributed by atoms with van der Waals surface area (Å²) < 4.78 is 49.9. The summed E-state index contributed by atoms with van der Waals surface area (Å²) in [4.78, 5) is 12.9. The maximum atomic E-state index is 13.4. The third-order valence-corrected chi connectivity index (χ3v) is 5.43. The molecular formula is C14H19FN2O5S. The van der Waals surface area contributed by atoms with Gasteiger partial charge in [0.25, 0.3) is 0 Å². The SMILES string of the molecule is CCOC(=O)N1CCN(S(=O)(=O)c2cc(F)ccc2OC)CC1. The number of piperazine rings is 1. The molecule has 1 aliphatic heterocycles. The summed E-state index contributed by atoms with van der Waals surface area (Å²) in [5.74, 6) is -0.575. The first-order valence-electron chi connectivity index (χ1n) is 7.15. The van der Waals surface area contributed by atoms with Crippen LogP contribution in [0.15, 0.2) is 23.1 Å². The monoisotopic (exact) mass is 346 g/mol. The van der Waals surface area contributed by atoms with Gasteiger partial charge in [-0.1, -0.05) is 0 Å². The fourth-order valence-electron chi connectivity index (χ4n) is 2.32. The van der Waals surface area contributed by atoms with E-state index in [9.17, 15) is 17.6 Å². The number of benzene rings is 1. The van der Waals surface area contributed by atoms with Crippen molar-refractivity contribution in [3.05, 3.63) is 24.0 Å². The number of carbonyl (C=O) groups is 1. The van der Waals surface area contributed by atoms with Gasteiger partial charge in [0.1, 0.15) is 16.5 Å². The minimum Gasteiger partial charge on any atom is -0.495 e. The molecule has 0 radical (unpaired) electrons. The topological polar surface area (TPSA) is 76.2 Å². The Morgan fingerprint density at radius 1 is 1.26 bits per heavy atom. The molecule has 1 heterocycles. The predicted octanol–water partition coefficient (Wildman–Crippen LogP) is 1.30. The second-order valence-corrected chi connectivity index (χ2v) is 6.79. The van der Waals surface area contributed by atoms with Crippen molar-refractivity contribution in [3.63, 3.8) is 0 Å². The van der Waals surface area contributed by atoms with E-state index >= 15 is 0 Å². The molecule has 1 amide bonds. The van der Waals surface area contributed by atoms with E-state index in [-0.39, 0.29) is 43.4 Å². The Balaban J connectivity index is 2.16. The Bertz CT molecular complexity index is 672. The fraction of sp³-hybridized carbons (Fsp3) is 0.500. The highest BCUT2D eigenvalue weighted by Crippen LogP contribution is 2.28. The molecule has 0 unspecified atom stereocenters. The molecule has 0 atom stereocenters. The molecule has 0 aromatic heterocycles. The number of nitrogens with zero attached hydrogens (tertiary/aromatic N) is 2. The van der Waals surface area contributed by atoms with Crippen LogP contribution < -0.4 is 4.74 Å². The van der Waals surface area contributed by atoms with Crippen LogP contribution in [-0.2, 0) is 14.8 Å². The maximum Gasteiger partial charge on any atom is 0.409 e. The third-order valence-electron chi connectivity index (χ3n) is 3.51. The Labute approximate surface area is 134 Å². The van der Waals surface area contributed by atoms with Gasteiger partial charge < -0.3 is 14.4 Å². The lowest BCUT2D eigenvalue weighted by atomic mass is 10.3. The number of rotatable bonds is 4. The lowest BCUT2D eigenvalue weighted by Gasteiger charge is -2.33. The first-order chi connectivity index (χ1) is 10.9. The molecule has 0 bridgehead atoms. The molecule has 9 heteroatoms. The van der Waals surface area contributed by atoms with E-state index in [1.54, 1.807) is 6.92 Å². The number of amides is 1. The average Bonchev–Trinajstić information content (AvgIpc) is 2.55. The minimum absolute atomic E-state index is 0.0826. The number of carbonyl (C=O) groups excluding carboxylic acids is 1. The number of halogens is 1. The van der Waals surface area contributed by atoms with Crippen LogP contribution in [0.1, 0.15) is 6.92 Å². The van der Waals surface area contributed by atoms with Crippen molar-refractivity contribution in [2.45, 2.75) is 11.8 Å². The van der Waals surface area contributed by atoms with Gasteiger partial charge in [-0.25, -0.2) is 17.6 Å². The van der Waals surface area contributed by atoms with Gasteiger partial charge in [0.15, 0.2) is 0 Å². The first-order valence-corrected chi connectivity index (χ1v) is 8.59. The summed E-state index contributed by atoms with van der Waals surface area (Å²) in [5.41, 5.74) is 0. The summed E-state index contributed by atoms with van der Waals surface area (Å²) in [7, 11) is -2.57. The van der Waals surface area contributed by atoms with Crippen molar-refractivity contribution in [1.29, 1.82) is 0 Å². The van der Waals surface area contributed by atoms with Gasteiger partial charge in [0, 0.05) is 26.2 Å². The largest absolute Gasteiger partial charge is 0.495 e. The van der Waals surface area contributed by atoms with E-state index in [1.807, 2.05) is 0 Å². The summed E-state index contributed by atoms with van der Waals surface area (Å²) in [6.45, 7) is 2.62. The van der Waals surface area contributed by atoms with Gasteiger partial charge >= 0.3 is 6.09 Å². The van der Waals surface area contributed by atoms with Crippen molar-refractivity contribution < 1.29 is 27.1 Å². The highest BCUT2D eigenvalue weighted by atomic mass is 32.2. The second-order valence-electron chi connectivity index (χ2n) is 4.89. The van der Waals surface area contributed by atoms with Gasteiger partial charge in [0.2, 0.25) is 10.0 Å². The maximum absolute atomic E-state index is 13.4. The highest BCUT2D eigenvalue weighted by molar-refractivity contribution is 7.89. The van der Waals surface area contributed by atoms with Crippen LogP contribution in [0, 0.1) is 5.82 Å². The van der Waals surface area contributed by atoms with Crippen molar-refractivity contribution >= 4 is 16.1 Å². The van der Waals surface area contributed by atoms with Gasteiger partial charge in [0.05, 0.1) is 13.7 Å². The van der Waals surface area contributed by atoms with Crippen LogP contribution in [0.3, 0.4) is 0 Å². The summed E-state index contributed by atoms with van der Waals surface area (Å²) in [6, 6.07) is 3.35. The lowest BCUT2D eigenvalue weighted by Crippen LogP contribution is -2.50. The minimum atomic E-state index is -3.90. The molecule has 1 fully saturated rings. The Morgan fingerprint density at radius 2 is 1.91 bits per heavy atom. The van der Waals surface area contributed by atoms with E-state index in [2.05, 4.69) is 0 Å². The van der Waals surface area contributed by atoms with Crippen molar-refractivity contribution in [1.82, 2.24) is 9.21 Å². The zero-order chi connectivity index (χ0) is 17.0. The lowest BCUT2D eigenvalue weighted by molar-refractivity contribution is 0.0934. The second kappa shape index (κ2) is 7.14. The normalized spacial score (nSPS) is 16.2. The Kier molecular flexibility index (Phi) is 5.42. The predicted molar refractivity (Wildman–Crippen MR) is 80.3 cm³/mol. The third kappa shape index (κ3) is 3.73. The summed E-state index contributed by atoms with van der Waals surface area (Å²) >= 11 is 0. The van der Waals surface area contributed by atoms with Crippen molar-refractivity contribution in [2.24, 2.45) is 0 Å². The smallest absolute Gasteiger partial charge is 0.409 e. The fourth-order valence-corrected chi connectivity index (χ4v) is 3.91. The Morgan fingerprint density at radius 3 is 2.48 bits per heavy atom. The van der Waals surface area contributed by atoms with Gasteiger partial charge in [-0.15, -0.1) is 0 Å². The number of sulfonamides is 1. The summed E-state index contributed by atoms with van der Waals surface area (Å²) in [5, 5.41) is 0. The van der Waals surface area contributed by atoms with E-state index in [1.165, 1.54) is 22.4 Å². The molecule has 1 aromatic carbocycles. The van der Waals surface area contributed by atoms with Crippen LogP contribution in [0.2, 0.25) is 0 Å². The van der Waals surface area contributed by atoms with Gasteiger partial charge in [-0.05, 0) is 25.1 Å². The van der Waals surface area contributed by atoms with Crippen LogP contribution >= 0.6 is 0 Å². The van der Waals surface area contributed by atoms with Crippen molar-refractivity contribution in [2.75, 3.05) is 39.9 Å². The molecule has 23 heavy (non-hydrogen) atoms. The Hall–Kier alpha value is -1.87. The zero-order valence-corrected chi connectivity index (χ0v) is 13.8. The molecule has 0 aliphatic carbocycles. The molecular weight excluding hydrogens is 327 g/mol. The quantitative estimate of drug-likeness (QED) is 0.821. The summed E-state index contributed by atoms with van der Waals surface area (Å²) in [6.07, 6.45) is -0.465. The van der Waals surface area contributed by atoms with Crippen LogP contribution in [0.5, 0.6) is 5.75 Å². The van der Waals surface area contributed by atoms with Gasteiger partial charge in [-0.3, -0.25) is 0 Å². The van der Waals surface area contributed by atoms with E-state index < -0.39 is 21.9 Å². The molecule has 0 saturated carbocycles. The number of methoxy groups -OCH3 is 1. The molecule has 0 spiro atoms. The molecule has 0 N–H and O–H groups in total. The van der Waals surface area contributed by atoms with E-state index in [0.717, 1.165) is 12.1 Å². The van der Waals surface area contributed by atoms with Crippen molar-refractivity contribution in [3.8, 4) is 5.75 Å². The van der Waals surface area contributed by atoms with Gasteiger partial charge in [-0.2, -0.15) is 4.31 Å². The molecule has 1 aliphatic rings. The molecule has 1 aromatic rings. The number of ether oxygens (including phenoxy) is 2. The standard InChI is InChI=1S/C14H19FN2O5S/c1-3-22-14(18)16-6-8-17(9-7-16)23(19,20)13-10-11(15)4-5-12(13)21-2/h4-5,10H,3,6-9H2,1-2H3. The first kappa shape index (κ1) is 17.5. The van der Waals surface area contributed by atoms with E-state index in [0.29, 0.717) is 0 Å². The molecule has 7 nitrogen and oxygen atoms in total. The zero-order valence-electron chi connectivity index (χ0n) is 13.0. The van der Waals surface area contributed by atoms with Crippen LogP contribution in [0.4, 0.5) is 9.18 Å². The molecule has 1 saturated heterocycles. The molecule has 2 rings (SSSR count).